The van der Waals surface area contributed by atoms with E-state index >= 15 is 0 Å². The average molecular weight is 396 g/mol. The van der Waals surface area contributed by atoms with Crippen molar-refractivity contribution in [1.29, 1.82) is 0 Å². The number of hydrogen-bond acceptors (Lipinski definition) is 3. The summed E-state index contributed by atoms with van der Waals surface area (Å²) < 4.78 is 29.0. The standard InChI is InChI=1S/C21H18F2N4O2/c22-13-6-5-7-14(12-13)24-20(28)18-17-10-3-4-11-27(17)19(26-18)21(29)25-16-9-2-1-8-15(16)23/h1-2,5-9,12H,3-4,10-11H2,(H,24,28)(H,25,29). The molecule has 1 aromatic heterocycles. The Hall–Kier alpha value is -3.55. The van der Waals surface area contributed by atoms with Gasteiger partial charge in [-0.25, -0.2) is 13.8 Å². The summed E-state index contributed by atoms with van der Waals surface area (Å²) in [6.45, 7) is 0.537. The van der Waals surface area contributed by atoms with Gasteiger partial charge in [-0.1, -0.05) is 18.2 Å². The number of para-hydroxylation sites is 1. The highest BCUT2D eigenvalue weighted by atomic mass is 19.1. The lowest BCUT2D eigenvalue weighted by atomic mass is 10.1. The fourth-order valence-corrected chi connectivity index (χ4v) is 3.40. The molecule has 2 aromatic carbocycles. The zero-order valence-electron chi connectivity index (χ0n) is 15.4. The molecule has 0 atom stereocenters. The molecule has 0 bridgehead atoms. The molecule has 0 saturated heterocycles. The normalized spacial score (nSPS) is 12.9. The number of hydrogen-bond donors (Lipinski definition) is 2. The number of imidazole rings is 1. The molecular formula is C21H18F2N4O2. The predicted octanol–water partition coefficient (Wildman–Crippen LogP) is 4.00. The van der Waals surface area contributed by atoms with Crippen LogP contribution in [-0.4, -0.2) is 21.4 Å². The SMILES string of the molecule is O=C(Nc1cccc(F)c1)c1nc(C(=O)Nc2ccccc2F)n2c1CCCC2. The van der Waals surface area contributed by atoms with Crippen molar-refractivity contribution in [3.05, 3.63) is 77.4 Å². The Morgan fingerprint density at radius 3 is 2.59 bits per heavy atom. The number of nitrogens with one attached hydrogen (secondary N) is 2. The third kappa shape index (κ3) is 3.87. The first-order chi connectivity index (χ1) is 14.0. The van der Waals surface area contributed by atoms with Crippen LogP contribution in [0.4, 0.5) is 20.2 Å². The second-order valence-electron chi connectivity index (χ2n) is 6.74. The van der Waals surface area contributed by atoms with Gasteiger partial charge in [0.05, 0.1) is 11.4 Å². The molecule has 2 N–H and O–H groups in total. The molecule has 1 aliphatic rings. The number of carbonyl (C=O) groups excluding carboxylic acids is 2. The molecule has 1 aliphatic heterocycles. The average Bonchev–Trinajstić information content (AvgIpc) is 3.10. The van der Waals surface area contributed by atoms with Crippen molar-refractivity contribution >= 4 is 23.2 Å². The lowest BCUT2D eigenvalue weighted by Crippen LogP contribution is -2.21. The highest BCUT2D eigenvalue weighted by Gasteiger charge is 2.28. The summed E-state index contributed by atoms with van der Waals surface area (Å²) >= 11 is 0. The lowest BCUT2D eigenvalue weighted by Gasteiger charge is -2.17. The maximum atomic E-state index is 13.9. The molecule has 29 heavy (non-hydrogen) atoms. The highest BCUT2D eigenvalue weighted by Crippen LogP contribution is 2.23. The molecule has 4 rings (SSSR count). The Morgan fingerprint density at radius 2 is 1.79 bits per heavy atom. The topological polar surface area (TPSA) is 76.0 Å². The zero-order valence-corrected chi connectivity index (χ0v) is 15.4. The van der Waals surface area contributed by atoms with E-state index in [0.717, 1.165) is 12.8 Å². The number of fused-ring (bicyclic) bond motifs is 1. The highest BCUT2D eigenvalue weighted by molar-refractivity contribution is 6.07. The van der Waals surface area contributed by atoms with Crippen molar-refractivity contribution in [2.45, 2.75) is 25.8 Å². The molecule has 148 valence electrons. The van der Waals surface area contributed by atoms with E-state index in [1.807, 2.05) is 0 Å². The minimum Gasteiger partial charge on any atom is -0.323 e. The molecule has 6 nitrogen and oxygen atoms in total. The minimum atomic E-state index is -0.594. The van der Waals surface area contributed by atoms with Crippen molar-refractivity contribution in [1.82, 2.24) is 9.55 Å². The number of benzene rings is 2. The predicted molar refractivity (Wildman–Crippen MR) is 104 cm³/mol. The molecule has 8 heteroatoms. The van der Waals surface area contributed by atoms with Gasteiger partial charge in [0.25, 0.3) is 11.8 Å². The first kappa shape index (κ1) is 18.8. The Morgan fingerprint density at radius 1 is 0.966 bits per heavy atom. The van der Waals surface area contributed by atoms with Crippen LogP contribution in [0.1, 0.15) is 39.6 Å². The van der Waals surface area contributed by atoms with E-state index in [-0.39, 0.29) is 17.2 Å². The molecule has 2 amide bonds. The van der Waals surface area contributed by atoms with Gasteiger partial charge in [0.2, 0.25) is 0 Å². The second kappa shape index (κ2) is 7.83. The third-order valence-electron chi connectivity index (χ3n) is 4.74. The van der Waals surface area contributed by atoms with E-state index in [2.05, 4.69) is 15.6 Å². The molecule has 0 saturated carbocycles. The Balaban J connectivity index is 1.64. The number of amides is 2. The Labute approximate surface area is 165 Å². The van der Waals surface area contributed by atoms with Crippen molar-refractivity contribution < 1.29 is 18.4 Å². The lowest BCUT2D eigenvalue weighted by molar-refractivity contribution is 0.101. The summed E-state index contributed by atoms with van der Waals surface area (Å²) in [4.78, 5) is 29.7. The van der Waals surface area contributed by atoms with Crippen molar-refractivity contribution in [3.8, 4) is 0 Å². The fourth-order valence-electron chi connectivity index (χ4n) is 3.40. The van der Waals surface area contributed by atoms with Gasteiger partial charge in [-0.2, -0.15) is 0 Å². The van der Waals surface area contributed by atoms with Crippen LogP contribution in [-0.2, 0) is 13.0 Å². The number of nitrogens with zero attached hydrogens (tertiary/aromatic N) is 2. The monoisotopic (exact) mass is 396 g/mol. The number of anilines is 2. The van der Waals surface area contributed by atoms with E-state index < -0.39 is 23.4 Å². The fraction of sp³-hybridized carbons (Fsp3) is 0.190. The van der Waals surface area contributed by atoms with E-state index in [9.17, 15) is 18.4 Å². The van der Waals surface area contributed by atoms with Gasteiger partial charge in [0.1, 0.15) is 11.6 Å². The van der Waals surface area contributed by atoms with E-state index in [1.165, 1.54) is 36.4 Å². The molecule has 3 aromatic rings. The number of aromatic nitrogens is 2. The summed E-state index contributed by atoms with van der Waals surface area (Å²) in [5, 5.41) is 5.12. The molecule has 0 radical (unpaired) electrons. The van der Waals surface area contributed by atoms with Crippen LogP contribution >= 0.6 is 0 Å². The number of halogens is 2. The van der Waals surface area contributed by atoms with Crippen LogP contribution in [0.5, 0.6) is 0 Å². The van der Waals surface area contributed by atoms with Gasteiger partial charge in [0, 0.05) is 12.2 Å². The van der Waals surface area contributed by atoms with Crippen LogP contribution in [0.3, 0.4) is 0 Å². The first-order valence-electron chi connectivity index (χ1n) is 9.25. The third-order valence-corrected chi connectivity index (χ3v) is 4.74. The summed E-state index contributed by atoms with van der Waals surface area (Å²) in [7, 11) is 0. The van der Waals surface area contributed by atoms with Crippen LogP contribution in [0.25, 0.3) is 0 Å². The second-order valence-corrected chi connectivity index (χ2v) is 6.74. The van der Waals surface area contributed by atoms with E-state index in [4.69, 9.17) is 0 Å². The van der Waals surface area contributed by atoms with E-state index in [1.54, 1.807) is 16.7 Å². The van der Waals surface area contributed by atoms with Crippen LogP contribution in [0.2, 0.25) is 0 Å². The maximum Gasteiger partial charge on any atom is 0.291 e. The summed E-state index contributed by atoms with van der Waals surface area (Å²) in [6.07, 6.45) is 2.29. The Bertz CT molecular complexity index is 1090. The summed E-state index contributed by atoms with van der Waals surface area (Å²) in [6, 6.07) is 11.4. The van der Waals surface area contributed by atoms with Gasteiger partial charge in [-0.3, -0.25) is 9.59 Å². The van der Waals surface area contributed by atoms with Crippen LogP contribution < -0.4 is 10.6 Å². The van der Waals surface area contributed by atoms with Gasteiger partial charge in [-0.05, 0) is 49.6 Å². The molecule has 0 spiro atoms. The van der Waals surface area contributed by atoms with Gasteiger partial charge in [-0.15, -0.1) is 0 Å². The van der Waals surface area contributed by atoms with Crippen LogP contribution in [0.15, 0.2) is 48.5 Å². The van der Waals surface area contributed by atoms with Crippen molar-refractivity contribution in [3.63, 3.8) is 0 Å². The summed E-state index contributed by atoms with van der Waals surface area (Å²) in [5.41, 5.74) is 1.10. The molecule has 0 fully saturated rings. The minimum absolute atomic E-state index is 0.0384. The van der Waals surface area contributed by atoms with Crippen molar-refractivity contribution in [2.75, 3.05) is 10.6 Å². The number of rotatable bonds is 4. The Kier molecular flexibility index (Phi) is 5.07. The molecule has 2 heterocycles. The molecule has 0 aliphatic carbocycles. The van der Waals surface area contributed by atoms with Gasteiger partial charge in [0.15, 0.2) is 11.5 Å². The maximum absolute atomic E-state index is 13.9. The van der Waals surface area contributed by atoms with Gasteiger partial charge < -0.3 is 15.2 Å². The molecular weight excluding hydrogens is 378 g/mol. The molecule has 0 unspecified atom stereocenters. The first-order valence-corrected chi connectivity index (χ1v) is 9.25. The van der Waals surface area contributed by atoms with E-state index in [0.29, 0.717) is 24.3 Å². The van der Waals surface area contributed by atoms with Crippen molar-refractivity contribution in [2.24, 2.45) is 0 Å². The largest absolute Gasteiger partial charge is 0.323 e. The van der Waals surface area contributed by atoms with Gasteiger partial charge >= 0.3 is 0 Å². The summed E-state index contributed by atoms with van der Waals surface area (Å²) in [5.74, 6) is -2.10. The quantitative estimate of drug-likeness (QED) is 0.700. The number of carbonyl (C=O) groups is 2. The van der Waals surface area contributed by atoms with Crippen LogP contribution in [0, 0.1) is 11.6 Å². The zero-order chi connectivity index (χ0) is 20.4. The smallest absolute Gasteiger partial charge is 0.291 e.